The molecule has 0 radical (unpaired) electrons. The van der Waals surface area contributed by atoms with E-state index in [4.69, 9.17) is 4.42 Å². The number of carbonyl (C=O) groups is 1. The summed E-state index contributed by atoms with van der Waals surface area (Å²) in [5, 5.41) is 3.93. The van der Waals surface area contributed by atoms with Gasteiger partial charge in [-0.05, 0) is 28.1 Å². The number of fused-ring (bicyclic) bond motifs is 2. The Labute approximate surface area is 152 Å². The summed E-state index contributed by atoms with van der Waals surface area (Å²) in [4.78, 5) is 17.2. The zero-order valence-corrected chi connectivity index (χ0v) is 14.8. The normalized spacial score (nSPS) is 11.1. The van der Waals surface area contributed by atoms with Crippen molar-refractivity contribution in [2.45, 2.75) is 6.54 Å². The number of hydrogen-bond donors (Lipinski definition) is 1. The van der Waals surface area contributed by atoms with Crippen LogP contribution in [-0.4, -0.2) is 15.5 Å². The summed E-state index contributed by atoms with van der Waals surface area (Å²) in [5.41, 5.74) is 3.43. The van der Waals surface area contributed by atoms with Gasteiger partial charge in [0.15, 0.2) is 10.3 Å². The molecule has 6 heteroatoms. The molecule has 1 aromatic carbocycles. The maximum Gasteiger partial charge on any atom is 0.272 e. The third-order valence-electron chi connectivity index (χ3n) is 3.98. The minimum atomic E-state index is -0.220. The van der Waals surface area contributed by atoms with E-state index in [1.807, 2.05) is 41.0 Å². The Kier molecular flexibility index (Phi) is 3.89. The van der Waals surface area contributed by atoms with Gasteiger partial charge in [0.2, 0.25) is 0 Å². The van der Waals surface area contributed by atoms with Gasteiger partial charge in [0.05, 0.1) is 16.7 Å². The number of amides is 1. The molecule has 25 heavy (non-hydrogen) atoms. The number of nitrogens with zero attached hydrogens (tertiary/aromatic N) is 2. The van der Waals surface area contributed by atoms with Crippen molar-refractivity contribution in [1.29, 1.82) is 0 Å². The van der Waals surface area contributed by atoms with Gasteiger partial charge in [0.25, 0.3) is 5.91 Å². The van der Waals surface area contributed by atoms with Crippen molar-refractivity contribution in [3.63, 3.8) is 0 Å². The molecule has 0 spiro atoms. The van der Waals surface area contributed by atoms with Crippen LogP contribution in [0.4, 0.5) is 5.69 Å². The molecular formula is C19H14BrN3O2. The molecule has 1 N–H and O–H groups in total. The molecule has 0 aliphatic rings. The number of pyridine rings is 1. The van der Waals surface area contributed by atoms with E-state index in [9.17, 15) is 4.79 Å². The minimum absolute atomic E-state index is 0.220. The molecule has 3 aromatic heterocycles. The van der Waals surface area contributed by atoms with E-state index in [0.717, 1.165) is 16.4 Å². The predicted octanol–water partition coefficient (Wildman–Crippen LogP) is 4.98. The maximum absolute atomic E-state index is 12.9. The second-order valence-corrected chi connectivity index (χ2v) is 6.35. The topological polar surface area (TPSA) is 60.1 Å². The highest BCUT2D eigenvalue weighted by Gasteiger charge is 2.19. The number of para-hydroxylation sites is 1. The molecule has 3 heterocycles. The van der Waals surface area contributed by atoms with E-state index in [2.05, 4.69) is 32.8 Å². The predicted molar refractivity (Wildman–Crippen MR) is 102 cm³/mol. The van der Waals surface area contributed by atoms with Gasteiger partial charge >= 0.3 is 0 Å². The van der Waals surface area contributed by atoms with Crippen LogP contribution in [0.25, 0.3) is 22.0 Å². The third kappa shape index (κ3) is 2.74. The van der Waals surface area contributed by atoms with E-state index >= 15 is 0 Å². The van der Waals surface area contributed by atoms with Crippen molar-refractivity contribution in [3.8, 4) is 0 Å². The fourth-order valence-electron chi connectivity index (χ4n) is 2.92. The first kappa shape index (κ1) is 15.7. The monoisotopic (exact) mass is 395 g/mol. The third-order valence-corrected chi connectivity index (χ3v) is 4.38. The molecule has 0 aliphatic heterocycles. The highest BCUT2D eigenvalue weighted by atomic mass is 79.9. The number of allylic oxidation sites excluding steroid dienone is 1. The lowest BCUT2D eigenvalue weighted by atomic mass is 10.2. The van der Waals surface area contributed by atoms with Crippen LogP contribution in [0, 0.1) is 0 Å². The lowest BCUT2D eigenvalue weighted by Crippen LogP contribution is -2.17. The number of furan rings is 1. The second kappa shape index (κ2) is 6.22. The van der Waals surface area contributed by atoms with Crippen LogP contribution < -0.4 is 5.32 Å². The number of carbonyl (C=O) groups excluding carboxylic acids is 1. The number of anilines is 1. The van der Waals surface area contributed by atoms with E-state index in [0.29, 0.717) is 28.2 Å². The molecule has 4 rings (SSSR count). The molecule has 0 saturated heterocycles. The Morgan fingerprint density at radius 2 is 2.16 bits per heavy atom. The van der Waals surface area contributed by atoms with E-state index in [1.165, 1.54) is 0 Å². The average Bonchev–Trinajstić information content (AvgIpc) is 3.13. The molecule has 1 amide bonds. The molecular weight excluding hydrogens is 382 g/mol. The fourth-order valence-corrected chi connectivity index (χ4v) is 3.31. The van der Waals surface area contributed by atoms with Crippen LogP contribution in [0.5, 0.6) is 0 Å². The smallest absolute Gasteiger partial charge is 0.272 e. The Bertz CT molecular complexity index is 1110. The molecule has 0 atom stereocenters. The van der Waals surface area contributed by atoms with Gasteiger partial charge in [-0.1, -0.05) is 24.3 Å². The first-order valence-electron chi connectivity index (χ1n) is 7.72. The lowest BCUT2D eigenvalue weighted by molar-refractivity contribution is 0.101. The standard InChI is InChI=1S/C19H14BrN3O2/c1-2-9-23-14-11-17(20)25-16(14)10-15(23)19(24)22-13-7-3-5-12-6-4-8-21-18(12)13/h2-8,10-11H,1,9H2,(H,22,24). The first-order chi connectivity index (χ1) is 12.2. The van der Waals surface area contributed by atoms with Crippen molar-refractivity contribution in [3.05, 3.63) is 71.7 Å². The van der Waals surface area contributed by atoms with Crippen molar-refractivity contribution >= 4 is 49.5 Å². The van der Waals surface area contributed by atoms with Gasteiger partial charge in [-0.25, -0.2) is 0 Å². The van der Waals surface area contributed by atoms with E-state index in [-0.39, 0.29) is 5.91 Å². The zero-order valence-electron chi connectivity index (χ0n) is 13.2. The summed E-state index contributed by atoms with van der Waals surface area (Å²) in [5.74, 6) is -0.220. The molecule has 0 unspecified atom stereocenters. The summed E-state index contributed by atoms with van der Waals surface area (Å²) in [6, 6.07) is 13.1. The zero-order chi connectivity index (χ0) is 17.4. The Morgan fingerprint density at radius 1 is 1.32 bits per heavy atom. The summed E-state index contributed by atoms with van der Waals surface area (Å²) in [6.45, 7) is 4.28. The Morgan fingerprint density at radius 3 is 3.00 bits per heavy atom. The number of hydrogen-bond acceptors (Lipinski definition) is 3. The summed E-state index contributed by atoms with van der Waals surface area (Å²) < 4.78 is 8.07. The van der Waals surface area contributed by atoms with Crippen LogP contribution in [-0.2, 0) is 6.54 Å². The number of nitrogens with one attached hydrogen (secondary N) is 1. The summed E-state index contributed by atoms with van der Waals surface area (Å²) >= 11 is 3.32. The SMILES string of the molecule is C=CCn1c(C(=O)Nc2cccc3cccnc23)cc2oc(Br)cc21. The van der Waals surface area contributed by atoms with Crippen molar-refractivity contribution in [1.82, 2.24) is 9.55 Å². The highest BCUT2D eigenvalue weighted by molar-refractivity contribution is 9.10. The number of halogens is 1. The van der Waals surface area contributed by atoms with E-state index < -0.39 is 0 Å². The van der Waals surface area contributed by atoms with E-state index in [1.54, 1.807) is 18.3 Å². The Hall–Kier alpha value is -2.86. The van der Waals surface area contributed by atoms with Gasteiger partial charge in [0.1, 0.15) is 5.69 Å². The molecule has 0 fully saturated rings. The van der Waals surface area contributed by atoms with Crippen LogP contribution >= 0.6 is 15.9 Å². The number of rotatable bonds is 4. The molecule has 0 aliphatic carbocycles. The van der Waals surface area contributed by atoms with Crippen molar-refractivity contribution < 1.29 is 9.21 Å². The quantitative estimate of drug-likeness (QED) is 0.495. The van der Waals surface area contributed by atoms with Gasteiger partial charge in [0, 0.05) is 30.3 Å². The van der Waals surface area contributed by atoms with Gasteiger partial charge in [-0.15, -0.1) is 6.58 Å². The minimum Gasteiger partial charge on any atom is -0.448 e. The Balaban J connectivity index is 1.75. The number of aromatic nitrogens is 2. The van der Waals surface area contributed by atoms with Crippen molar-refractivity contribution in [2.24, 2.45) is 0 Å². The van der Waals surface area contributed by atoms with Crippen LogP contribution in [0.15, 0.2) is 70.4 Å². The molecule has 124 valence electrons. The van der Waals surface area contributed by atoms with Crippen LogP contribution in [0.1, 0.15) is 10.5 Å². The van der Waals surface area contributed by atoms with Crippen LogP contribution in [0.3, 0.4) is 0 Å². The largest absolute Gasteiger partial charge is 0.448 e. The van der Waals surface area contributed by atoms with Gasteiger partial charge < -0.3 is 14.3 Å². The summed E-state index contributed by atoms with van der Waals surface area (Å²) in [6.07, 6.45) is 3.46. The molecule has 4 aromatic rings. The molecule has 0 saturated carbocycles. The lowest BCUT2D eigenvalue weighted by Gasteiger charge is -2.10. The number of benzene rings is 1. The summed E-state index contributed by atoms with van der Waals surface area (Å²) in [7, 11) is 0. The van der Waals surface area contributed by atoms with Gasteiger partial charge in [-0.3, -0.25) is 9.78 Å². The average molecular weight is 396 g/mol. The second-order valence-electron chi connectivity index (χ2n) is 5.56. The first-order valence-corrected chi connectivity index (χ1v) is 8.51. The highest BCUT2D eigenvalue weighted by Crippen LogP contribution is 2.28. The van der Waals surface area contributed by atoms with Crippen molar-refractivity contribution in [2.75, 3.05) is 5.32 Å². The maximum atomic E-state index is 12.9. The van der Waals surface area contributed by atoms with Gasteiger partial charge in [-0.2, -0.15) is 0 Å². The molecule has 5 nitrogen and oxygen atoms in total. The van der Waals surface area contributed by atoms with Crippen LogP contribution in [0.2, 0.25) is 0 Å². The fraction of sp³-hybridized carbons (Fsp3) is 0.0526. The molecule has 0 bridgehead atoms.